The summed E-state index contributed by atoms with van der Waals surface area (Å²) in [7, 11) is 0. The van der Waals surface area contributed by atoms with Crippen LogP contribution in [0.1, 0.15) is 59.8 Å². The zero-order chi connectivity index (χ0) is 13.4. The van der Waals surface area contributed by atoms with Gasteiger partial charge in [0.15, 0.2) is 0 Å². The van der Waals surface area contributed by atoms with Crippen LogP contribution in [0, 0.1) is 0 Å². The normalized spacial score (nSPS) is 32.6. The molecule has 0 radical (unpaired) electrons. The molecule has 2 rings (SSSR count). The summed E-state index contributed by atoms with van der Waals surface area (Å²) in [5, 5.41) is 12.2. The maximum Gasteiger partial charge on any atom is 0.0831 e. The van der Waals surface area contributed by atoms with Gasteiger partial charge >= 0.3 is 0 Å². The highest BCUT2D eigenvalue weighted by molar-refractivity contribution is 4.98. The third-order valence-electron chi connectivity index (χ3n) is 4.05. The summed E-state index contributed by atoms with van der Waals surface area (Å²) >= 11 is 0. The van der Waals surface area contributed by atoms with E-state index in [1.54, 1.807) is 0 Å². The molecule has 18 heavy (non-hydrogen) atoms. The number of allylic oxidation sites excluding steroid dienone is 1. The zero-order valence-corrected chi connectivity index (χ0v) is 12.1. The van der Waals surface area contributed by atoms with Gasteiger partial charge in [0.25, 0.3) is 0 Å². The second-order valence-electron chi connectivity index (χ2n) is 6.99. The topological polar surface area (TPSA) is 32.7 Å². The molecule has 0 aromatic heterocycles. The molecule has 1 atom stereocenters. The summed E-state index contributed by atoms with van der Waals surface area (Å²) in [6.07, 6.45) is 9.29. The van der Waals surface area contributed by atoms with E-state index in [0.717, 1.165) is 32.1 Å². The lowest BCUT2D eigenvalue weighted by Gasteiger charge is -2.53. The third-order valence-corrected chi connectivity index (χ3v) is 4.05. The molecule has 0 saturated carbocycles. The van der Waals surface area contributed by atoms with Crippen LogP contribution in [0.25, 0.3) is 0 Å². The number of rotatable bonds is 2. The molecule has 3 nitrogen and oxygen atoms in total. The summed E-state index contributed by atoms with van der Waals surface area (Å²) in [6, 6.07) is 0. The summed E-state index contributed by atoms with van der Waals surface area (Å²) in [5.41, 5.74) is -0.218. The van der Waals surface area contributed by atoms with E-state index in [-0.39, 0.29) is 17.2 Å². The van der Waals surface area contributed by atoms with Gasteiger partial charge in [-0.25, -0.2) is 0 Å². The van der Waals surface area contributed by atoms with Crippen molar-refractivity contribution in [2.75, 3.05) is 0 Å². The Morgan fingerprint density at radius 2 is 1.72 bits per heavy atom. The first-order valence-electron chi connectivity index (χ1n) is 7.11. The fourth-order valence-corrected chi connectivity index (χ4v) is 3.51. The van der Waals surface area contributed by atoms with E-state index in [2.05, 4.69) is 44.9 Å². The Morgan fingerprint density at radius 3 is 2.22 bits per heavy atom. The minimum atomic E-state index is -0.221. The number of aliphatic hydroxyl groups is 1. The van der Waals surface area contributed by atoms with Crippen LogP contribution in [0.2, 0.25) is 0 Å². The first-order chi connectivity index (χ1) is 8.31. The number of hydroxylamine groups is 2. The van der Waals surface area contributed by atoms with Crippen molar-refractivity contribution in [3.05, 3.63) is 12.2 Å². The second-order valence-corrected chi connectivity index (χ2v) is 6.99. The van der Waals surface area contributed by atoms with Gasteiger partial charge in [0.1, 0.15) is 0 Å². The van der Waals surface area contributed by atoms with Crippen LogP contribution in [0.5, 0.6) is 0 Å². The average molecular weight is 253 g/mol. The minimum absolute atomic E-state index is 0.109. The van der Waals surface area contributed by atoms with Crippen LogP contribution in [0.15, 0.2) is 12.2 Å². The maximum absolute atomic E-state index is 10.0. The van der Waals surface area contributed by atoms with Crippen molar-refractivity contribution >= 4 is 0 Å². The lowest BCUT2D eigenvalue weighted by Crippen LogP contribution is -2.62. The lowest BCUT2D eigenvalue weighted by molar-refractivity contribution is -0.314. The van der Waals surface area contributed by atoms with Gasteiger partial charge in [-0.1, -0.05) is 12.2 Å². The van der Waals surface area contributed by atoms with E-state index >= 15 is 0 Å². The molecule has 1 unspecified atom stereocenters. The SMILES string of the molecule is CC1(C)CC(O)CC(C)(C)N1OC1CC=CCC1. The molecule has 0 aromatic carbocycles. The Bertz CT molecular complexity index is 304. The predicted octanol–water partition coefficient (Wildman–Crippen LogP) is 3.04. The molecule has 1 aliphatic heterocycles. The molecule has 0 aromatic rings. The molecule has 1 saturated heterocycles. The van der Waals surface area contributed by atoms with Crippen molar-refractivity contribution in [2.45, 2.75) is 83.1 Å². The minimum Gasteiger partial charge on any atom is -0.393 e. The second kappa shape index (κ2) is 4.95. The monoisotopic (exact) mass is 253 g/mol. The summed E-state index contributed by atoms with van der Waals surface area (Å²) in [6.45, 7) is 8.65. The Hall–Kier alpha value is -0.380. The summed E-state index contributed by atoms with van der Waals surface area (Å²) in [4.78, 5) is 6.28. The molecule has 104 valence electrons. The first kappa shape index (κ1) is 14.0. The van der Waals surface area contributed by atoms with Crippen LogP contribution in [-0.4, -0.2) is 33.5 Å². The molecular formula is C15H27NO2. The van der Waals surface area contributed by atoms with Crippen LogP contribution < -0.4 is 0 Å². The van der Waals surface area contributed by atoms with E-state index in [9.17, 15) is 5.11 Å². The standard InChI is InChI=1S/C15H27NO2/c1-14(2)10-12(17)11-15(3,4)16(14)18-13-8-6-5-7-9-13/h5-6,12-13,17H,7-11H2,1-4H3. The van der Waals surface area contributed by atoms with Gasteiger partial charge in [-0.2, -0.15) is 5.06 Å². The molecule has 3 heteroatoms. The Labute approximate surface area is 111 Å². The third kappa shape index (κ3) is 2.95. The zero-order valence-electron chi connectivity index (χ0n) is 12.1. The largest absolute Gasteiger partial charge is 0.393 e. The molecule has 0 bridgehead atoms. The summed E-state index contributed by atoms with van der Waals surface area (Å²) in [5.74, 6) is 0. The van der Waals surface area contributed by atoms with Crippen molar-refractivity contribution in [3.63, 3.8) is 0 Å². The van der Waals surface area contributed by atoms with Gasteiger partial charge in [-0.3, -0.25) is 4.84 Å². The molecule has 1 N–H and O–H groups in total. The lowest BCUT2D eigenvalue weighted by atomic mass is 9.80. The van der Waals surface area contributed by atoms with Gasteiger partial charge in [0.2, 0.25) is 0 Å². The van der Waals surface area contributed by atoms with E-state index in [1.807, 2.05) is 0 Å². The van der Waals surface area contributed by atoms with Crippen molar-refractivity contribution < 1.29 is 9.94 Å². The maximum atomic E-state index is 10.0. The molecule has 0 amide bonds. The van der Waals surface area contributed by atoms with Crippen molar-refractivity contribution in [2.24, 2.45) is 0 Å². The number of nitrogens with zero attached hydrogens (tertiary/aromatic N) is 1. The number of aliphatic hydroxyl groups excluding tert-OH is 1. The molecular weight excluding hydrogens is 226 g/mol. The smallest absolute Gasteiger partial charge is 0.0831 e. The Kier molecular flexibility index (Phi) is 3.86. The Balaban J connectivity index is 2.10. The highest BCUT2D eigenvalue weighted by Gasteiger charge is 2.46. The molecule has 0 spiro atoms. The van der Waals surface area contributed by atoms with Gasteiger partial charge in [0, 0.05) is 11.1 Å². The van der Waals surface area contributed by atoms with E-state index < -0.39 is 0 Å². The first-order valence-corrected chi connectivity index (χ1v) is 7.11. The van der Waals surface area contributed by atoms with Crippen LogP contribution >= 0.6 is 0 Å². The van der Waals surface area contributed by atoms with Gasteiger partial charge in [-0.05, 0) is 59.8 Å². The van der Waals surface area contributed by atoms with Crippen molar-refractivity contribution in [1.29, 1.82) is 0 Å². The molecule has 1 aliphatic carbocycles. The highest BCUT2D eigenvalue weighted by atomic mass is 16.7. The fourth-order valence-electron chi connectivity index (χ4n) is 3.51. The van der Waals surface area contributed by atoms with Crippen molar-refractivity contribution in [1.82, 2.24) is 5.06 Å². The quantitative estimate of drug-likeness (QED) is 0.768. The molecule has 1 heterocycles. The van der Waals surface area contributed by atoms with Gasteiger partial charge < -0.3 is 5.11 Å². The Morgan fingerprint density at radius 1 is 1.11 bits per heavy atom. The number of hydrogen-bond acceptors (Lipinski definition) is 3. The fraction of sp³-hybridized carbons (Fsp3) is 0.867. The molecule has 2 aliphatic rings. The molecule has 1 fully saturated rings. The van der Waals surface area contributed by atoms with E-state index in [4.69, 9.17) is 4.84 Å². The van der Waals surface area contributed by atoms with Crippen LogP contribution in [0.4, 0.5) is 0 Å². The number of piperidine rings is 1. The highest BCUT2D eigenvalue weighted by Crippen LogP contribution is 2.39. The van der Waals surface area contributed by atoms with E-state index in [1.165, 1.54) is 0 Å². The van der Waals surface area contributed by atoms with Crippen LogP contribution in [-0.2, 0) is 4.84 Å². The van der Waals surface area contributed by atoms with Crippen molar-refractivity contribution in [3.8, 4) is 0 Å². The summed E-state index contributed by atoms with van der Waals surface area (Å²) < 4.78 is 0. The van der Waals surface area contributed by atoms with Gasteiger partial charge in [0.05, 0.1) is 12.2 Å². The number of hydrogen-bond donors (Lipinski definition) is 1. The predicted molar refractivity (Wildman–Crippen MR) is 73.1 cm³/mol. The van der Waals surface area contributed by atoms with Gasteiger partial charge in [-0.15, -0.1) is 0 Å². The van der Waals surface area contributed by atoms with E-state index in [0.29, 0.717) is 6.10 Å². The average Bonchev–Trinajstić information content (AvgIpc) is 2.23. The van der Waals surface area contributed by atoms with Crippen LogP contribution in [0.3, 0.4) is 0 Å².